The molecule has 0 nitrogen and oxygen atoms in total. The first kappa shape index (κ1) is 25.2. The lowest BCUT2D eigenvalue weighted by molar-refractivity contribution is 0.142. The topological polar surface area (TPSA) is 0 Å². The van der Waals surface area contributed by atoms with Crippen LogP contribution in [0.5, 0.6) is 0 Å². The predicted octanol–water partition coefficient (Wildman–Crippen LogP) is 9.65. The van der Waals surface area contributed by atoms with Gasteiger partial charge in [0.05, 0.1) is 0 Å². The molecule has 0 aromatic heterocycles. The molecule has 0 N–H and O–H groups in total. The highest BCUT2D eigenvalue weighted by Gasteiger charge is 2.34. The van der Waals surface area contributed by atoms with Crippen LogP contribution in [0.3, 0.4) is 0 Å². The van der Waals surface area contributed by atoms with Crippen molar-refractivity contribution in [1.82, 2.24) is 0 Å². The summed E-state index contributed by atoms with van der Waals surface area (Å²) in [5.41, 5.74) is 0. The second kappa shape index (κ2) is 14.1. The van der Waals surface area contributed by atoms with Gasteiger partial charge in [0.15, 0.2) is 0 Å². The molecule has 0 bridgehead atoms. The first-order valence-electron chi connectivity index (χ1n) is 11.5. The minimum atomic E-state index is 0.602. The highest BCUT2D eigenvalue weighted by atomic mass is 79.9. The molecule has 2 aliphatic rings. The van der Waals surface area contributed by atoms with Crippen LogP contribution < -0.4 is 0 Å². The van der Waals surface area contributed by atoms with Crippen LogP contribution in [0.1, 0.15) is 96.8 Å². The van der Waals surface area contributed by atoms with E-state index in [0.717, 1.165) is 29.0 Å². The Morgan fingerprint density at radius 3 is 1.93 bits per heavy atom. The van der Waals surface area contributed by atoms with Crippen molar-refractivity contribution < 1.29 is 0 Å². The van der Waals surface area contributed by atoms with E-state index >= 15 is 0 Å². The standard InChI is InChI=1S/C23H40Br4/c1-2-3-4-5-17-6-8-18(9-7-17)19-10-12-20(13-11-19)23(27)22(26)15-14-21(25)16-24/h17-23H,2-16H2,1H3. The van der Waals surface area contributed by atoms with E-state index in [9.17, 15) is 0 Å². The Balaban J connectivity index is 1.65. The van der Waals surface area contributed by atoms with Gasteiger partial charge in [0.25, 0.3) is 0 Å². The second-order valence-electron chi connectivity index (χ2n) is 9.24. The number of alkyl halides is 4. The summed E-state index contributed by atoms with van der Waals surface area (Å²) in [4.78, 5) is 1.85. The molecule has 2 saturated carbocycles. The van der Waals surface area contributed by atoms with Crippen molar-refractivity contribution in [3.05, 3.63) is 0 Å². The van der Waals surface area contributed by atoms with Crippen LogP contribution in [0.4, 0.5) is 0 Å². The fourth-order valence-corrected chi connectivity index (χ4v) is 7.51. The first-order chi connectivity index (χ1) is 13.0. The molecular weight excluding hydrogens is 596 g/mol. The van der Waals surface area contributed by atoms with E-state index in [1.165, 1.54) is 89.9 Å². The maximum Gasteiger partial charge on any atom is 0.0299 e. The molecule has 2 fully saturated rings. The van der Waals surface area contributed by atoms with Gasteiger partial charge in [0.1, 0.15) is 0 Å². The third-order valence-electron chi connectivity index (χ3n) is 7.31. The highest BCUT2D eigenvalue weighted by molar-refractivity contribution is 9.12. The lowest BCUT2D eigenvalue weighted by Crippen LogP contribution is -2.31. The Morgan fingerprint density at radius 1 is 0.778 bits per heavy atom. The molecule has 0 aromatic rings. The second-order valence-corrected chi connectivity index (χ2v) is 13.4. The van der Waals surface area contributed by atoms with Gasteiger partial charge in [0, 0.05) is 19.8 Å². The molecule has 0 aliphatic heterocycles. The third-order valence-corrected chi connectivity index (χ3v) is 12.9. The fourth-order valence-electron chi connectivity index (χ4n) is 5.44. The molecule has 2 rings (SSSR count). The van der Waals surface area contributed by atoms with Gasteiger partial charge in [-0.3, -0.25) is 0 Å². The Kier molecular flexibility index (Phi) is 13.1. The average Bonchev–Trinajstić information content (AvgIpc) is 2.72. The number of halogens is 4. The van der Waals surface area contributed by atoms with Crippen LogP contribution in [-0.4, -0.2) is 19.8 Å². The van der Waals surface area contributed by atoms with E-state index in [0.29, 0.717) is 14.5 Å². The zero-order chi connectivity index (χ0) is 19.6. The van der Waals surface area contributed by atoms with Gasteiger partial charge in [-0.05, 0) is 75.0 Å². The van der Waals surface area contributed by atoms with Gasteiger partial charge in [-0.15, -0.1) is 0 Å². The summed E-state index contributed by atoms with van der Waals surface area (Å²) in [6.45, 7) is 2.32. The molecule has 0 heterocycles. The Bertz CT molecular complexity index is 373. The van der Waals surface area contributed by atoms with E-state index in [2.05, 4.69) is 70.6 Å². The number of unbranched alkanes of at least 4 members (excludes halogenated alkanes) is 2. The monoisotopic (exact) mass is 632 g/mol. The van der Waals surface area contributed by atoms with Crippen LogP contribution >= 0.6 is 63.7 Å². The summed E-state index contributed by atoms with van der Waals surface area (Å²) in [7, 11) is 0. The lowest BCUT2D eigenvalue weighted by atomic mass is 9.68. The van der Waals surface area contributed by atoms with Crippen LogP contribution in [-0.2, 0) is 0 Å². The molecule has 3 atom stereocenters. The summed E-state index contributed by atoms with van der Waals surface area (Å²) < 4.78 is 0. The van der Waals surface area contributed by atoms with Crippen LogP contribution in [0, 0.1) is 23.7 Å². The minimum absolute atomic E-state index is 0.602. The maximum atomic E-state index is 4.06. The molecule has 0 amide bonds. The van der Waals surface area contributed by atoms with E-state index in [-0.39, 0.29) is 0 Å². The molecular formula is C23H40Br4. The summed E-state index contributed by atoms with van der Waals surface area (Å²) in [5.74, 6) is 4.01. The molecule has 4 heteroatoms. The maximum absolute atomic E-state index is 4.06. The highest BCUT2D eigenvalue weighted by Crippen LogP contribution is 2.44. The Labute approximate surface area is 202 Å². The lowest BCUT2D eigenvalue weighted by Gasteiger charge is -2.39. The summed E-state index contributed by atoms with van der Waals surface area (Å²) in [6, 6.07) is 0. The van der Waals surface area contributed by atoms with E-state index < -0.39 is 0 Å². The molecule has 0 saturated heterocycles. The predicted molar refractivity (Wildman–Crippen MR) is 136 cm³/mol. The molecule has 0 spiro atoms. The minimum Gasteiger partial charge on any atom is -0.0916 e. The third kappa shape index (κ3) is 8.90. The Hall–Kier alpha value is 1.92. The molecule has 0 aromatic carbocycles. The fraction of sp³-hybridized carbons (Fsp3) is 1.00. The van der Waals surface area contributed by atoms with Gasteiger partial charge >= 0.3 is 0 Å². The van der Waals surface area contributed by atoms with Crippen molar-refractivity contribution in [3.63, 3.8) is 0 Å². The van der Waals surface area contributed by atoms with Crippen LogP contribution in [0.25, 0.3) is 0 Å². The molecule has 0 radical (unpaired) electrons. The van der Waals surface area contributed by atoms with E-state index in [1.807, 2.05) is 0 Å². The summed E-state index contributed by atoms with van der Waals surface area (Å²) in [5, 5.41) is 1.05. The van der Waals surface area contributed by atoms with Gasteiger partial charge < -0.3 is 0 Å². The van der Waals surface area contributed by atoms with Gasteiger partial charge in [0.2, 0.25) is 0 Å². The van der Waals surface area contributed by atoms with Gasteiger partial charge in [-0.25, -0.2) is 0 Å². The normalized spacial score (nSPS) is 32.8. The van der Waals surface area contributed by atoms with Crippen molar-refractivity contribution in [2.45, 2.75) is 111 Å². The largest absolute Gasteiger partial charge is 0.0916 e. The average molecular weight is 636 g/mol. The van der Waals surface area contributed by atoms with E-state index in [1.54, 1.807) is 0 Å². The van der Waals surface area contributed by atoms with Crippen molar-refractivity contribution in [3.8, 4) is 0 Å². The zero-order valence-electron chi connectivity index (χ0n) is 17.2. The molecule has 2 aliphatic carbocycles. The summed E-state index contributed by atoms with van der Waals surface area (Å²) in [6.07, 6.45) is 20.3. The number of hydrogen-bond donors (Lipinski definition) is 0. The number of hydrogen-bond acceptors (Lipinski definition) is 0. The quantitative estimate of drug-likeness (QED) is 0.157. The van der Waals surface area contributed by atoms with Crippen molar-refractivity contribution in [2.24, 2.45) is 23.7 Å². The molecule has 27 heavy (non-hydrogen) atoms. The Morgan fingerprint density at radius 2 is 1.37 bits per heavy atom. The first-order valence-corrected chi connectivity index (χ1v) is 15.4. The number of rotatable bonds is 11. The molecule has 3 unspecified atom stereocenters. The summed E-state index contributed by atoms with van der Waals surface area (Å²) >= 11 is 15.3. The van der Waals surface area contributed by atoms with Crippen LogP contribution in [0.15, 0.2) is 0 Å². The zero-order valence-corrected chi connectivity index (χ0v) is 23.5. The van der Waals surface area contributed by atoms with Crippen molar-refractivity contribution >= 4 is 63.7 Å². The SMILES string of the molecule is CCCCCC1CCC(C2CCC(C(Br)C(Br)CCC(Br)CBr)CC2)CC1. The molecule has 160 valence electrons. The van der Waals surface area contributed by atoms with Gasteiger partial charge in [-0.2, -0.15) is 0 Å². The van der Waals surface area contributed by atoms with E-state index in [4.69, 9.17) is 0 Å². The smallest absolute Gasteiger partial charge is 0.0299 e. The van der Waals surface area contributed by atoms with Crippen molar-refractivity contribution in [1.29, 1.82) is 0 Å². The van der Waals surface area contributed by atoms with Crippen molar-refractivity contribution in [2.75, 3.05) is 5.33 Å². The van der Waals surface area contributed by atoms with Crippen LogP contribution in [0.2, 0.25) is 0 Å². The van der Waals surface area contributed by atoms with Gasteiger partial charge in [-0.1, -0.05) is 109 Å².